The van der Waals surface area contributed by atoms with E-state index in [1.54, 1.807) is 23.5 Å². The molecule has 56 heavy (non-hydrogen) atoms. The van der Waals surface area contributed by atoms with Crippen LogP contribution >= 0.6 is 0 Å². The summed E-state index contributed by atoms with van der Waals surface area (Å²) < 4.78 is 3.56. The number of nitrogens with zero attached hydrogens (tertiary/aromatic N) is 10. The monoisotopic (exact) mass is 758 g/mol. The molecule has 2 aliphatic heterocycles. The minimum atomic E-state index is -0.657. The van der Waals surface area contributed by atoms with Crippen LogP contribution in [0.25, 0.3) is 0 Å². The highest BCUT2D eigenvalue weighted by molar-refractivity contribution is 6.01. The first-order valence-corrected chi connectivity index (χ1v) is 18.2. The third-order valence-corrected chi connectivity index (χ3v) is 9.47. The number of fused-ring (bicyclic) bond motifs is 2. The van der Waals surface area contributed by atoms with E-state index in [1.807, 2.05) is 86.6 Å². The van der Waals surface area contributed by atoms with E-state index in [-0.39, 0.29) is 23.5 Å². The minimum absolute atomic E-state index is 0.0270. The SMILES string of the molecule is Cc1cc2n(n1)CC[C@@H](NC(=O)c1n[nH]c(Cc3ccccc3)n1)C(=O)N2C.Cc1cc2n(n1)CC[C@H](NC(=O)c1n[nH]c(Cc3ccccc3)n1)C(=O)N2C. The van der Waals surface area contributed by atoms with Crippen LogP contribution in [0.2, 0.25) is 0 Å². The fraction of sp³-hybridized carbons (Fsp3) is 0.316. The van der Waals surface area contributed by atoms with Crippen LogP contribution in [0.5, 0.6) is 0 Å². The number of hydrogen-bond donors (Lipinski definition) is 4. The number of H-pyrrole nitrogens is 2. The van der Waals surface area contributed by atoms with Crippen molar-refractivity contribution in [3.05, 3.63) is 119 Å². The Morgan fingerprint density at radius 1 is 0.661 bits per heavy atom. The van der Waals surface area contributed by atoms with E-state index in [9.17, 15) is 19.2 Å². The molecule has 2 aliphatic rings. The van der Waals surface area contributed by atoms with Gasteiger partial charge in [-0.15, -0.1) is 10.2 Å². The Bertz CT molecular complexity index is 2180. The van der Waals surface area contributed by atoms with E-state index < -0.39 is 23.9 Å². The molecule has 0 bridgehead atoms. The molecule has 0 saturated carbocycles. The lowest BCUT2D eigenvalue weighted by Crippen LogP contribution is -2.47. The predicted octanol–water partition coefficient (Wildman–Crippen LogP) is 2.13. The third-order valence-electron chi connectivity index (χ3n) is 9.47. The first-order chi connectivity index (χ1) is 27.0. The summed E-state index contributed by atoms with van der Waals surface area (Å²) in [5.41, 5.74) is 3.83. The zero-order valence-electron chi connectivity index (χ0n) is 31.4. The topological polar surface area (TPSA) is 218 Å². The number of rotatable bonds is 8. The van der Waals surface area contributed by atoms with Crippen LogP contribution in [0.4, 0.5) is 11.6 Å². The van der Waals surface area contributed by atoms with E-state index in [0.717, 1.165) is 34.2 Å². The first kappa shape index (κ1) is 37.3. The third kappa shape index (κ3) is 8.38. The Morgan fingerprint density at radius 2 is 1.05 bits per heavy atom. The van der Waals surface area contributed by atoms with Gasteiger partial charge in [-0.25, -0.2) is 19.3 Å². The standard InChI is InChI=1S/2C19H21N7O2/c2*1-12-10-16-25(2)19(28)14(8-9-26(16)24-12)20-18(27)17-21-15(22-23-17)11-13-6-4-3-5-7-13/h2*3-7,10,14H,8-9,11H2,1-2H3,(H,20,27)(H,21,22,23)/t2*14-/m10/s1. The van der Waals surface area contributed by atoms with Crippen molar-refractivity contribution < 1.29 is 19.2 Å². The number of carbonyl (C=O) groups excluding carboxylic acids is 4. The quantitative estimate of drug-likeness (QED) is 0.177. The molecular formula is C38H42N14O4. The summed E-state index contributed by atoms with van der Waals surface area (Å²) in [5, 5.41) is 27.9. The molecule has 4 aromatic heterocycles. The van der Waals surface area contributed by atoms with Gasteiger partial charge in [-0.3, -0.25) is 39.2 Å². The van der Waals surface area contributed by atoms with Gasteiger partial charge in [0, 0.05) is 52.2 Å². The summed E-state index contributed by atoms with van der Waals surface area (Å²) in [7, 11) is 3.37. The van der Waals surface area contributed by atoms with Crippen molar-refractivity contribution in [2.24, 2.45) is 0 Å². The van der Waals surface area contributed by atoms with Gasteiger partial charge in [0.2, 0.25) is 11.6 Å². The molecule has 6 aromatic rings. The lowest BCUT2D eigenvalue weighted by Gasteiger charge is -2.19. The molecule has 2 aromatic carbocycles. The van der Waals surface area contributed by atoms with Crippen molar-refractivity contribution in [3.8, 4) is 0 Å². The number of hydrogen-bond acceptors (Lipinski definition) is 10. The summed E-state index contributed by atoms with van der Waals surface area (Å²) in [6, 6.07) is 22.0. The molecule has 0 unspecified atom stereocenters. The molecule has 2 atom stereocenters. The Kier molecular flexibility index (Phi) is 10.8. The number of aromatic nitrogens is 10. The number of aromatic amines is 2. The number of carbonyl (C=O) groups is 4. The summed E-state index contributed by atoms with van der Waals surface area (Å²) in [4.78, 5) is 62.2. The number of aryl methyl sites for hydroxylation is 4. The van der Waals surface area contributed by atoms with E-state index in [1.165, 1.54) is 9.80 Å². The molecule has 8 rings (SSSR count). The van der Waals surface area contributed by atoms with Crippen LogP contribution in [0.1, 0.15) is 68.2 Å². The molecule has 18 heteroatoms. The highest BCUT2D eigenvalue weighted by Crippen LogP contribution is 2.22. The fourth-order valence-corrected chi connectivity index (χ4v) is 6.62. The molecule has 0 fully saturated rings. The lowest BCUT2D eigenvalue weighted by atomic mass is 10.1. The maximum Gasteiger partial charge on any atom is 0.291 e. The first-order valence-electron chi connectivity index (χ1n) is 18.2. The zero-order valence-corrected chi connectivity index (χ0v) is 31.4. The average molecular weight is 759 g/mol. The van der Waals surface area contributed by atoms with Gasteiger partial charge in [-0.2, -0.15) is 10.2 Å². The lowest BCUT2D eigenvalue weighted by molar-refractivity contribution is -0.120. The maximum absolute atomic E-state index is 12.8. The Hall–Kier alpha value is -6.98. The fourth-order valence-electron chi connectivity index (χ4n) is 6.62. The molecule has 288 valence electrons. The Morgan fingerprint density at radius 3 is 1.45 bits per heavy atom. The van der Waals surface area contributed by atoms with E-state index in [2.05, 4.69) is 51.2 Å². The summed E-state index contributed by atoms with van der Waals surface area (Å²) in [5.74, 6) is 1.37. The van der Waals surface area contributed by atoms with Gasteiger partial charge in [0.15, 0.2) is 0 Å². The number of anilines is 2. The second-order valence-corrected chi connectivity index (χ2v) is 13.7. The van der Waals surface area contributed by atoms with Crippen LogP contribution in [0.15, 0.2) is 72.8 Å². The summed E-state index contributed by atoms with van der Waals surface area (Å²) in [6.45, 7) is 4.85. The molecule has 4 amide bonds. The molecule has 0 aliphatic carbocycles. The zero-order chi connectivity index (χ0) is 39.3. The van der Waals surface area contributed by atoms with E-state index in [0.29, 0.717) is 50.4 Å². The van der Waals surface area contributed by atoms with E-state index >= 15 is 0 Å². The number of benzene rings is 2. The van der Waals surface area contributed by atoms with Crippen molar-refractivity contribution in [3.63, 3.8) is 0 Å². The second kappa shape index (κ2) is 16.2. The second-order valence-electron chi connectivity index (χ2n) is 13.7. The number of amides is 4. The van der Waals surface area contributed by atoms with Crippen LogP contribution in [-0.4, -0.2) is 99.7 Å². The van der Waals surface area contributed by atoms with Crippen molar-refractivity contribution in [2.75, 3.05) is 23.9 Å². The van der Waals surface area contributed by atoms with E-state index in [4.69, 9.17) is 0 Å². The highest BCUT2D eigenvalue weighted by atomic mass is 16.2. The highest BCUT2D eigenvalue weighted by Gasteiger charge is 2.32. The van der Waals surface area contributed by atoms with Crippen LogP contribution in [-0.2, 0) is 35.5 Å². The van der Waals surface area contributed by atoms with Crippen LogP contribution < -0.4 is 20.4 Å². The molecule has 0 spiro atoms. The van der Waals surface area contributed by atoms with Gasteiger partial charge in [-0.1, -0.05) is 60.7 Å². The van der Waals surface area contributed by atoms with Crippen molar-refractivity contribution in [2.45, 2.75) is 64.7 Å². The number of likely N-dealkylation sites (N-methyl/N-ethyl adjacent to an activating group) is 2. The predicted molar refractivity (Wildman–Crippen MR) is 204 cm³/mol. The van der Waals surface area contributed by atoms with Crippen molar-refractivity contribution in [1.82, 2.24) is 60.6 Å². The van der Waals surface area contributed by atoms with Gasteiger partial charge >= 0.3 is 0 Å². The molecule has 0 saturated heterocycles. The summed E-state index contributed by atoms with van der Waals surface area (Å²) in [6.07, 6.45) is 1.99. The largest absolute Gasteiger partial charge is 0.337 e. The maximum atomic E-state index is 12.8. The van der Waals surface area contributed by atoms with Gasteiger partial charge in [0.25, 0.3) is 23.6 Å². The molecule has 6 heterocycles. The van der Waals surface area contributed by atoms with Crippen LogP contribution in [0.3, 0.4) is 0 Å². The molecule has 18 nitrogen and oxygen atoms in total. The average Bonchev–Trinajstić information content (AvgIpc) is 4.00. The van der Waals surface area contributed by atoms with Gasteiger partial charge < -0.3 is 10.6 Å². The molecule has 4 N–H and O–H groups in total. The van der Waals surface area contributed by atoms with Crippen molar-refractivity contribution in [1.29, 1.82) is 0 Å². The Labute approximate surface area is 321 Å². The normalized spacial score (nSPS) is 16.6. The molecular weight excluding hydrogens is 717 g/mol. The van der Waals surface area contributed by atoms with Crippen LogP contribution in [0, 0.1) is 13.8 Å². The smallest absolute Gasteiger partial charge is 0.291 e. The summed E-state index contributed by atoms with van der Waals surface area (Å²) >= 11 is 0. The minimum Gasteiger partial charge on any atom is -0.337 e. The Balaban J connectivity index is 0.000000172. The van der Waals surface area contributed by atoms with Gasteiger partial charge in [0.05, 0.1) is 11.4 Å². The van der Waals surface area contributed by atoms with Crippen molar-refractivity contribution >= 4 is 35.3 Å². The van der Waals surface area contributed by atoms with Gasteiger partial charge in [0.1, 0.15) is 35.4 Å². The van der Waals surface area contributed by atoms with Gasteiger partial charge in [-0.05, 0) is 37.8 Å². The number of nitrogens with one attached hydrogen (secondary N) is 4. The molecule has 0 radical (unpaired) electrons.